The number of rotatable bonds is 5. The Bertz CT molecular complexity index is 885. The molecule has 2 aliphatic rings. The van der Waals surface area contributed by atoms with E-state index in [1.807, 2.05) is 6.07 Å². The van der Waals surface area contributed by atoms with Gasteiger partial charge in [0, 0.05) is 43.3 Å². The minimum absolute atomic E-state index is 0.0833. The Morgan fingerprint density at radius 1 is 1.28 bits per heavy atom. The molecule has 2 heterocycles. The van der Waals surface area contributed by atoms with Crippen LogP contribution in [0.15, 0.2) is 47.6 Å². The number of nitrogens with zero attached hydrogens (tertiary/aromatic N) is 2. The second kappa shape index (κ2) is 7.99. The molecule has 1 saturated heterocycles. The fraction of sp³-hybridized carbons (Fsp3) is 0.455. The molecule has 1 aromatic heterocycles. The van der Waals surface area contributed by atoms with Crippen LogP contribution in [-0.4, -0.2) is 36.7 Å². The van der Waals surface area contributed by atoms with Gasteiger partial charge in [0.2, 0.25) is 0 Å². The number of halogens is 1. The Balaban J connectivity index is 1.35. The van der Waals surface area contributed by atoms with Gasteiger partial charge in [-0.2, -0.15) is 0 Å². The van der Waals surface area contributed by atoms with Gasteiger partial charge < -0.3 is 20.1 Å². The van der Waals surface area contributed by atoms with E-state index in [0.717, 1.165) is 24.7 Å². The average molecular weight is 398 g/mol. The van der Waals surface area contributed by atoms with Gasteiger partial charge in [0.05, 0.1) is 18.3 Å². The third-order valence-corrected chi connectivity index (χ3v) is 5.89. The topological polar surface area (TPSA) is 67.8 Å². The number of pyridine rings is 1. The summed E-state index contributed by atoms with van der Waals surface area (Å²) in [6.07, 6.45) is 3.12. The summed E-state index contributed by atoms with van der Waals surface area (Å²) in [5.74, 6) is 2.22. The molecular formula is C22H27FN4O2. The number of hydrogen-bond acceptors (Lipinski definition) is 4. The van der Waals surface area contributed by atoms with Crippen LogP contribution in [-0.2, 0) is 11.3 Å². The van der Waals surface area contributed by atoms with Crippen molar-refractivity contribution in [2.24, 2.45) is 16.3 Å². The number of ether oxygens (including phenoxy) is 2. The highest BCUT2D eigenvalue weighted by Crippen LogP contribution is 2.52. The van der Waals surface area contributed by atoms with E-state index in [1.54, 1.807) is 31.4 Å². The van der Waals surface area contributed by atoms with Crippen molar-refractivity contribution in [3.63, 3.8) is 0 Å². The summed E-state index contributed by atoms with van der Waals surface area (Å²) in [5, 5.41) is 6.89. The maximum absolute atomic E-state index is 13.0. The molecule has 7 heteroatoms. The molecule has 2 fully saturated rings. The van der Waals surface area contributed by atoms with Gasteiger partial charge in [-0.1, -0.05) is 13.8 Å². The van der Waals surface area contributed by atoms with Crippen molar-refractivity contribution in [3.8, 4) is 11.5 Å². The summed E-state index contributed by atoms with van der Waals surface area (Å²) in [7, 11) is 1.77. The summed E-state index contributed by atoms with van der Waals surface area (Å²) in [5.41, 5.74) is 0.905. The predicted molar refractivity (Wildman–Crippen MR) is 109 cm³/mol. The average Bonchev–Trinajstić information content (AvgIpc) is 3.17. The summed E-state index contributed by atoms with van der Waals surface area (Å²) in [6, 6.07) is 9.91. The summed E-state index contributed by atoms with van der Waals surface area (Å²) in [4.78, 5) is 8.75. The van der Waals surface area contributed by atoms with E-state index < -0.39 is 0 Å². The van der Waals surface area contributed by atoms with Gasteiger partial charge in [0.25, 0.3) is 0 Å². The normalized spacial score (nSPS) is 25.1. The molecule has 1 aliphatic heterocycles. The fourth-order valence-electron chi connectivity index (χ4n) is 4.39. The minimum atomic E-state index is -0.291. The molecule has 0 radical (unpaired) electrons. The van der Waals surface area contributed by atoms with E-state index in [9.17, 15) is 4.39 Å². The highest BCUT2D eigenvalue weighted by Gasteiger charge is 2.59. The van der Waals surface area contributed by atoms with Crippen molar-refractivity contribution in [2.75, 3.05) is 13.7 Å². The van der Waals surface area contributed by atoms with E-state index in [-0.39, 0.29) is 11.2 Å². The van der Waals surface area contributed by atoms with Crippen LogP contribution in [0.4, 0.5) is 4.39 Å². The van der Waals surface area contributed by atoms with E-state index in [1.165, 1.54) is 12.1 Å². The standard InChI is InChI=1S/C22H27FN4O2/c1-22(2)19(18-9-11-28-20(18)22)27-21(24-3)26-13-15-12-17(8-10-25-15)29-16-6-4-14(23)5-7-16/h4-8,10,12,18-20H,9,11,13H2,1-3H3,(H2,24,26,27). The molecule has 3 unspecified atom stereocenters. The first-order valence-electron chi connectivity index (χ1n) is 9.94. The van der Waals surface area contributed by atoms with Crippen LogP contribution >= 0.6 is 0 Å². The lowest BCUT2D eigenvalue weighted by molar-refractivity contribution is -0.106. The Labute approximate surface area is 170 Å². The molecule has 1 aromatic carbocycles. The summed E-state index contributed by atoms with van der Waals surface area (Å²) >= 11 is 0. The molecule has 2 N–H and O–H groups in total. The van der Waals surface area contributed by atoms with Crippen molar-refractivity contribution in [1.29, 1.82) is 0 Å². The quantitative estimate of drug-likeness (QED) is 0.596. The first-order chi connectivity index (χ1) is 14.0. The summed E-state index contributed by atoms with van der Waals surface area (Å²) in [6.45, 7) is 5.83. The zero-order chi connectivity index (χ0) is 20.4. The maximum Gasteiger partial charge on any atom is 0.191 e. The molecule has 3 atom stereocenters. The Morgan fingerprint density at radius 2 is 2.07 bits per heavy atom. The number of aliphatic imine (C=N–C) groups is 1. The van der Waals surface area contributed by atoms with Gasteiger partial charge in [-0.25, -0.2) is 4.39 Å². The van der Waals surface area contributed by atoms with Crippen LogP contribution in [0.25, 0.3) is 0 Å². The number of fused-ring (bicyclic) bond motifs is 1. The second-order valence-electron chi connectivity index (χ2n) is 8.15. The molecule has 154 valence electrons. The number of hydrogen-bond donors (Lipinski definition) is 2. The third-order valence-electron chi connectivity index (χ3n) is 5.89. The lowest BCUT2D eigenvalue weighted by atomic mass is 9.57. The molecule has 2 aromatic rings. The monoisotopic (exact) mass is 398 g/mol. The lowest BCUT2D eigenvalue weighted by Gasteiger charge is -2.54. The van der Waals surface area contributed by atoms with Crippen molar-refractivity contribution < 1.29 is 13.9 Å². The zero-order valence-corrected chi connectivity index (χ0v) is 17.0. The van der Waals surface area contributed by atoms with Crippen molar-refractivity contribution in [1.82, 2.24) is 15.6 Å². The Hall–Kier alpha value is -2.67. The van der Waals surface area contributed by atoms with E-state index in [0.29, 0.717) is 36.1 Å². The van der Waals surface area contributed by atoms with Gasteiger partial charge in [0.15, 0.2) is 5.96 Å². The van der Waals surface area contributed by atoms with E-state index in [4.69, 9.17) is 9.47 Å². The van der Waals surface area contributed by atoms with Crippen LogP contribution < -0.4 is 15.4 Å². The third kappa shape index (κ3) is 4.05. The molecule has 0 bridgehead atoms. The largest absolute Gasteiger partial charge is 0.457 e. The smallest absolute Gasteiger partial charge is 0.191 e. The molecule has 0 spiro atoms. The van der Waals surface area contributed by atoms with Crippen LogP contribution in [0.3, 0.4) is 0 Å². The number of benzene rings is 1. The molecule has 29 heavy (non-hydrogen) atoms. The highest BCUT2D eigenvalue weighted by atomic mass is 19.1. The van der Waals surface area contributed by atoms with Gasteiger partial charge >= 0.3 is 0 Å². The number of guanidine groups is 1. The predicted octanol–water partition coefficient (Wildman–Crippen LogP) is 3.49. The second-order valence-corrected chi connectivity index (χ2v) is 8.15. The molecular weight excluding hydrogens is 371 g/mol. The Morgan fingerprint density at radius 3 is 2.83 bits per heavy atom. The first-order valence-corrected chi connectivity index (χ1v) is 9.94. The lowest BCUT2D eigenvalue weighted by Crippen LogP contribution is -2.67. The highest BCUT2D eigenvalue weighted by molar-refractivity contribution is 5.80. The van der Waals surface area contributed by atoms with Crippen molar-refractivity contribution >= 4 is 5.96 Å². The zero-order valence-electron chi connectivity index (χ0n) is 17.0. The molecule has 4 rings (SSSR count). The fourth-order valence-corrected chi connectivity index (χ4v) is 4.39. The minimum Gasteiger partial charge on any atom is -0.457 e. The van der Waals surface area contributed by atoms with E-state index in [2.05, 4.69) is 34.5 Å². The molecule has 1 aliphatic carbocycles. The maximum atomic E-state index is 13.0. The van der Waals surface area contributed by atoms with Gasteiger partial charge in [-0.3, -0.25) is 9.98 Å². The van der Waals surface area contributed by atoms with Crippen LogP contribution in [0, 0.1) is 17.2 Å². The van der Waals surface area contributed by atoms with Gasteiger partial charge in [-0.15, -0.1) is 0 Å². The Kier molecular flexibility index (Phi) is 5.41. The number of nitrogens with one attached hydrogen (secondary N) is 2. The number of aromatic nitrogens is 1. The van der Waals surface area contributed by atoms with E-state index >= 15 is 0 Å². The van der Waals surface area contributed by atoms with Crippen LogP contribution in [0.1, 0.15) is 26.0 Å². The summed E-state index contributed by atoms with van der Waals surface area (Å²) < 4.78 is 24.7. The molecule has 0 amide bonds. The molecule has 6 nitrogen and oxygen atoms in total. The van der Waals surface area contributed by atoms with Crippen LogP contribution in [0.2, 0.25) is 0 Å². The van der Waals surface area contributed by atoms with Crippen molar-refractivity contribution in [3.05, 3.63) is 54.1 Å². The van der Waals surface area contributed by atoms with Gasteiger partial charge in [0.1, 0.15) is 17.3 Å². The first kappa shape index (κ1) is 19.6. The van der Waals surface area contributed by atoms with Crippen molar-refractivity contribution in [2.45, 2.75) is 39.0 Å². The molecule has 1 saturated carbocycles. The SMILES string of the molecule is CN=C(NCc1cc(Oc2ccc(F)cc2)ccn1)NC1C2CCOC2C1(C)C. The van der Waals surface area contributed by atoms with Crippen LogP contribution in [0.5, 0.6) is 11.5 Å². The van der Waals surface area contributed by atoms with Gasteiger partial charge in [-0.05, 0) is 36.8 Å².